The fraction of sp³-hybridized carbons (Fsp3) is 0.381. The monoisotopic (exact) mass is 434 g/mol. The van der Waals surface area contributed by atoms with Crippen LogP contribution in [0.3, 0.4) is 0 Å². The summed E-state index contributed by atoms with van der Waals surface area (Å²) in [5.74, 6) is -0.133. The maximum absolute atomic E-state index is 12.7. The SMILES string of the molecule is CCc1ccc(C(=O)Nc2cc(Cl)c3c(c2)C(C)(C)N(C)CC3)cc1Br. The number of benzene rings is 2. The number of likely N-dealkylation sites (N-methyl/N-ethyl adjacent to an activating group) is 1. The van der Waals surface area contributed by atoms with E-state index in [1.165, 1.54) is 16.7 Å². The van der Waals surface area contributed by atoms with Gasteiger partial charge in [-0.2, -0.15) is 0 Å². The Morgan fingerprint density at radius 1 is 1.31 bits per heavy atom. The maximum atomic E-state index is 12.7. The lowest BCUT2D eigenvalue weighted by atomic mass is 9.83. The van der Waals surface area contributed by atoms with Crippen LogP contribution in [0.4, 0.5) is 5.69 Å². The lowest BCUT2D eigenvalue weighted by Gasteiger charge is -2.42. The predicted molar refractivity (Wildman–Crippen MR) is 112 cm³/mol. The Balaban J connectivity index is 1.91. The van der Waals surface area contributed by atoms with Crippen LogP contribution < -0.4 is 5.32 Å². The van der Waals surface area contributed by atoms with Gasteiger partial charge in [-0.25, -0.2) is 0 Å². The molecule has 0 aliphatic carbocycles. The molecule has 0 saturated heterocycles. The zero-order valence-electron chi connectivity index (χ0n) is 15.6. The fourth-order valence-corrected chi connectivity index (χ4v) is 4.42. The lowest BCUT2D eigenvalue weighted by molar-refractivity contribution is 0.102. The smallest absolute Gasteiger partial charge is 0.255 e. The number of aryl methyl sites for hydroxylation is 1. The number of hydrogen-bond acceptors (Lipinski definition) is 2. The average molecular weight is 436 g/mol. The first kappa shape index (κ1) is 19.4. The summed E-state index contributed by atoms with van der Waals surface area (Å²) in [7, 11) is 2.12. The molecule has 3 nitrogen and oxygen atoms in total. The molecule has 0 spiro atoms. The topological polar surface area (TPSA) is 32.3 Å². The number of nitrogens with zero attached hydrogens (tertiary/aromatic N) is 1. The molecule has 5 heteroatoms. The molecule has 1 aliphatic heterocycles. The molecule has 1 heterocycles. The molecule has 2 aromatic rings. The number of rotatable bonds is 3. The van der Waals surface area contributed by atoms with Crippen LogP contribution in [0.5, 0.6) is 0 Å². The number of hydrogen-bond donors (Lipinski definition) is 1. The second-order valence-electron chi connectivity index (χ2n) is 7.33. The number of halogens is 2. The molecule has 0 bridgehead atoms. The van der Waals surface area contributed by atoms with E-state index >= 15 is 0 Å². The van der Waals surface area contributed by atoms with E-state index in [0.29, 0.717) is 5.56 Å². The van der Waals surface area contributed by atoms with Gasteiger partial charge in [0, 0.05) is 32.8 Å². The van der Waals surface area contributed by atoms with E-state index in [-0.39, 0.29) is 11.4 Å². The van der Waals surface area contributed by atoms with Gasteiger partial charge < -0.3 is 5.32 Å². The van der Waals surface area contributed by atoms with Crippen molar-refractivity contribution >= 4 is 39.1 Å². The minimum Gasteiger partial charge on any atom is -0.322 e. The first-order valence-electron chi connectivity index (χ1n) is 8.88. The van der Waals surface area contributed by atoms with Gasteiger partial charge >= 0.3 is 0 Å². The predicted octanol–water partition coefficient (Wildman–Crippen LogP) is 5.64. The molecular weight excluding hydrogens is 412 g/mol. The third-order valence-electron chi connectivity index (χ3n) is 5.46. The van der Waals surface area contributed by atoms with Gasteiger partial charge in [0.2, 0.25) is 0 Å². The maximum Gasteiger partial charge on any atom is 0.255 e. The first-order valence-corrected chi connectivity index (χ1v) is 10.0. The summed E-state index contributed by atoms with van der Waals surface area (Å²) in [5, 5.41) is 3.73. The second kappa shape index (κ2) is 7.34. The minimum atomic E-state index is -0.133. The standard InChI is InChI=1S/C21H24BrClN2O/c1-5-13-6-7-14(10-18(13)22)20(26)24-15-11-17-16(19(23)12-15)8-9-25(4)21(17,2)3/h6-7,10-12H,5,8-9H2,1-4H3,(H,24,26). The Hall–Kier alpha value is -1.36. The summed E-state index contributed by atoms with van der Waals surface area (Å²) >= 11 is 10.1. The number of amides is 1. The minimum absolute atomic E-state index is 0.121. The number of carbonyl (C=O) groups is 1. The molecule has 1 aliphatic rings. The highest BCUT2D eigenvalue weighted by atomic mass is 79.9. The summed E-state index contributed by atoms with van der Waals surface area (Å²) < 4.78 is 0.957. The van der Waals surface area contributed by atoms with Crippen molar-refractivity contribution in [2.75, 3.05) is 18.9 Å². The number of fused-ring (bicyclic) bond motifs is 1. The van der Waals surface area contributed by atoms with Crippen LogP contribution in [0.15, 0.2) is 34.8 Å². The van der Waals surface area contributed by atoms with E-state index in [1.54, 1.807) is 0 Å². The Kier molecular flexibility index (Phi) is 5.48. The molecular formula is C21H24BrClN2O. The quantitative estimate of drug-likeness (QED) is 0.676. The molecule has 0 radical (unpaired) electrons. The van der Waals surface area contributed by atoms with Crippen molar-refractivity contribution in [3.63, 3.8) is 0 Å². The van der Waals surface area contributed by atoms with E-state index in [1.807, 2.05) is 24.3 Å². The van der Waals surface area contributed by atoms with Crippen LogP contribution in [0, 0.1) is 0 Å². The molecule has 0 aromatic heterocycles. The third-order valence-corrected chi connectivity index (χ3v) is 6.54. The highest BCUT2D eigenvalue weighted by Crippen LogP contribution is 2.39. The van der Waals surface area contributed by atoms with Gasteiger partial charge in [-0.3, -0.25) is 9.69 Å². The van der Waals surface area contributed by atoms with Crippen LogP contribution >= 0.6 is 27.5 Å². The number of carbonyl (C=O) groups excluding carboxylic acids is 1. The van der Waals surface area contributed by atoms with Crippen molar-refractivity contribution in [3.8, 4) is 0 Å². The molecule has 138 valence electrons. The van der Waals surface area contributed by atoms with Crippen molar-refractivity contribution in [2.24, 2.45) is 0 Å². The van der Waals surface area contributed by atoms with Gasteiger partial charge in [0.05, 0.1) is 0 Å². The van der Waals surface area contributed by atoms with Gasteiger partial charge in [-0.15, -0.1) is 0 Å². The van der Waals surface area contributed by atoms with E-state index in [2.05, 4.69) is 60.0 Å². The van der Waals surface area contributed by atoms with Gasteiger partial charge in [0.15, 0.2) is 0 Å². The van der Waals surface area contributed by atoms with Gasteiger partial charge in [0.1, 0.15) is 0 Å². The van der Waals surface area contributed by atoms with E-state index in [9.17, 15) is 4.79 Å². The first-order chi connectivity index (χ1) is 12.2. The fourth-order valence-electron chi connectivity index (χ4n) is 3.45. The summed E-state index contributed by atoms with van der Waals surface area (Å²) in [5.41, 5.74) is 4.78. The van der Waals surface area contributed by atoms with Crippen LogP contribution in [0.2, 0.25) is 5.02 Å². The Labute approximate surface area is 168 Å². The van der Waals surface area contributed by atoms with Crippen molar-refractivity contribution in [2.45, 2.75) is 39.2 Å². The molecule has 0 unspecified atom stereocenters. The van der Waals surface area contributed by atoms with E-state index < -0.39 is 0 Å². The van der Waals surface area contributed by atoms with Gasteiger partial charge in [-0.1, -0.05) is 40.5 Å². The molecule has 0 fully saturated rings. The van der Waals surface area contributed by atoms with Crippen LogP contribution in [-0.2, 0) is 18.4 Å². The molecule has 3 rings (SSSR count). The summed E-state index contributed by atoms with van der Waals surface area (Å²) in [4.78, 5) is 15.0. The zero-order chi connectivity index (χ0) is 19.1. The van der Waals surface area contributed by atoms with Gasteiger partial charge in [0.25, 0.3) is 5.91 Å². The summed E-state index contributed by atoms with van der Waals surface area (Å²) in [6.07, 6.45) is 1.85. The van der Waals surface area contributed by atoms with Crippen molar-refractivity contribution in [1.82, 2.24) is 4.90 Å². The normalized spacial score (nSPS) is 16.2. The summed E-state index contributed by atoms with van der Waals surface area (Å²) in [6, 6.07) is 9.62. The van der Waals surface area contributed by atoms with Gasteiger partial charge in [-0.05, 0) is 74.7 Å². The molecule has 1 N–H and O–H groups in total. The molecule has 0 atom stereocenters. The van der Waals surface area contributed by atoms with Crippen LogP contribution in [0.1, 0.15) is 47.8 Å². The molecule has 1 amide bonds. The summed E-state index contributed by atoms with van der Waals surface area (Å²) in [6.45, 7) is 7.44. The lowest BCUT2D eigenvalue weighted by Crippen LogP contribution is -2.44. The Bertz CT molecular complexity index is 863. The van der Waals surface area contributed by atoms with Crippen molar-refractivity contribution in [1.29, 1.82) is 0 Å². The average Bonchev–Trinajstić information content (AvgIpc) is 2.58. The number of nitrogens with one attached hydrogen (secondary N) is 1. The zero-order valence-corrected chi connectivity index (χ0v) is 18.0. The molecule has 2 aromatic carbocycles. The Morgan fingerprint density at radius 3 is 2.69 bits per heavy atom. The highest BCUT2D eigenvalue weighted by Gasteiger charge is 2.33. The largest absolute Gasteiger partial charge is 0.322 e. The highest BCUT2D eigenvalue weighted by molar-refractivity contribution is 9.10. The van der Waals surface area contributed by atoms with E-state index in [4.69, 9.17) is 11.6 Å². The second-order valence-corrected chi connectivity index (χ2v) is 8.59. The number of anilines is 1. The van der Waals surface area contributed by atoms with Crippen molar-refractivity contribution < 1.29 is 4.79 Å². The van der Waals surface area contributed by atoms with E-state index in [0.717, 1.165) is 34.6 Å². The Morgan fingerprint density at radius 2 is 2.04 bits per heavy atom. The molecule has 0 saturated carbocycles. The third kappa shape index (κ3) is 3.55. The molecule has 26 heavy (non-hydrogen) atoms. The van der Waals surface area contributed by atoms with Crippen LogP contribution in [0.25, 0.3) is 0 Å². The van der Waals surface area contributed by atoms with Crippen LogP contribution in [-0.4, -0.2) is 24.4 Å². The van der Waals surface area contributed by atoms with Crippen molar-refractivity contribution in [3.05, 3.63) is 62.1 Å².